The van der Waals surface area contributed by atoms with E-state index in [0.29, 0.717) is 3.92 Å². The van der Waals surface area contributed by atoms with Gasteiger partial charge in [-0.1, -0.05) is 0 Å². The normalized spacial score (nSPS) is 26.2. The first-order chi connectivity index (χ1) is 7.96. The van der Waals surface area contributed by atoms with Crippen molar-refractivity contribution < 1.29 is 28.7 Å². The number of benzene rings is 1. The highest BCUT2D eigenvalue weighted by molar-refractivity contribution is 14.3. The summed E-state index contributed by atoms with van der Waals surface area (Å²) in [5.41, 5.74) is 1.30. The van der Waals surface area contributed by atoms with Crippen molar-refractivity contribution in [2.75, 3.05) is 0 Å². The Balaban J connectivity index is 2.28. The first-order valence-corrected chi connectivity index (χ1v) is 12.0. The maximum Gasteiger partial charge on any atom is 0.122 e. The summed E-state index contributed by atoms with van der Waals surface area (Å²) in [5, 5.41) is 0. The average Bonchev–Trinajstić information content (AvgIpc) is 2.56. The van der Waals surface area contributed by atoms with Gasteiger partial charge >= 0.3 is 0 Å². The molecule has 0 aromatic heterocycles. The van der Waals surface area contributed by atoms with Gasteiger partial charge in [0.05, 0.1) is 21.1 Å². The molecule has 0 bridgehead atoms. The maximum absolute atomic E-state index is 6.10. The van der Waals surface area contributed by atoms with Gasteiger partial charge in [0.25, 0.3) is 0 Å². The molecule has 1 aromatic carbocycles. The van der Waals surface area contributed by atoms with E-state index >= 15 is 0 Å². The van der Waals surface area contributed by atoms with Gasteiger partial charge in [0.2, 0.25) is 0 Å². The zero-order valence-electron chi connectivity index (χ0n) is 9.60. The summed E-state index contributed by atoms with van der Waals surface area (Å²) in [7, 11) is 0. The highest BCUT2D eigenvalue weighted by Gasteiger charge is 2.28. The highest BCUT2D eigenvalue weighted by atomic mass is 127. The first kappa shape index (κ1) is 13.0. The molecule has 1 atom stereocenters. The zero-order chi connectivity index (χ0) is 12.2. The SMILES string of the molecule is C=I1=c2cc3c(cc2=IO1)OC(C)(C)C[C@@H]3[I-]. The molecule has 2 aliphatic heterocycles. The number of ether oxygens (including phenoxy) is 1. The van der Waals surface area contributed by atoms with Crippen molar-refractivity contribution in [1.82, 2.24) is 0 Å². The summed E-state index contributed by atoms with van der Waals surface area (Å²) in [5.74, 6) is 1.08. The van der Waals surface area contributed by atoms with Crippen molar-refractivity contribution in [2.45, 2.75) is 29.8 Å². The van der Waals surface area contributed by atoms with E-state index in [-0.39, 0.29) is 26.7 Å². The van der Waals surface area contributed by atoms with Crippen molar-refractivity contribution in [3.63, 3.8) is 0 Å². The van der Waals surface area contributed by atoms with Gasteiger partial charge in [-0.25, -0.2) is 0 Å². The lowest BCUT2D eigenvalue weighted by atomic mass is 9.94. The van der Waals surface area contributed by atoms with Gasteiger partial charge in [-0.15, -0.1) is 3.92 Å². The third-order valence-corrected chi connectivity index (χ3v) is 12.9. The lowest BCUT2D eigenvalue weighted by molar-refractivity contribution is -0.435. The van der Waals surface area contributed by atoms with E-state index in [1.54, 1.807) is 0 Å². The van der Waals surface area contributed by atoms with Crippen LogP contribution in [0.5, 0.6) is 5.75 Å². The molecule has 2 nitrogen and oxygen atoms in total. The topological polar surface area (TPSA) is 18.5 Å². The summed E-state index contributed by atoms with van der Waals surface area (Å²) >= 11 is 0.786. The smallest absolute Gasteiger partial charge is 0.122 e. The number of alkyl halides is 1. The van der Waals surface area contributed by atoms with Crippen molar-refractivity contribution in [2.24, 2.45) is 0 Å². The number of halogens is 3. The van der Waals surface area contributed by atoms with Gasteiger partial charge in [0, 0.05) is 25.6 Å². The first-order valence-electron chi connectivity index (χ1n) is 5.29. The molecule has 17 heavy (non-hydrogen) atoms. The van der Waals surface area contributed by atoms with E-state index in [9.17, 15) is 0 Å². The highest BCUT2D eigenvalue weighted by Crippen LogP contribution is 2.42. The number of rotatable bonds is 0. The summed E-state index contributed by atoms with van der Waals surface area (Å²) in [6.07, 6.45) is 1.07. The van der Waals surface area contributed by atoms with E-state index in [2.05, 4.69) is 53.1 Å². The quantitative estimate of drug-likeness (QED) is 0.345. The van der Waals surface area contributed by atoms with Crippen molar-refractivity contribution in [3.8, 4) is 5.75 Å². The molecule has 0 saturated heterocycles. The van der Waals surface area contributed by atoms with Crippen LogP contribution in [-0.4, -0.2) is 10.1 Å². The van der Waals surface area contributed by atoms with Gasteiger partial charge in [-0.05, 0) is 42.5 Å². The van der Waals surface area contributed by atoms with Crippen LogP contribution in [0.4, 0.5) is 0 Å². The molecule has 0 saturated carbocycles. The monoisotopic (exact) mass is 570 g/mol. The molecule has 0 amide bonds. The predicted molar refractivity (Wildman–Crippen MR) is 82.4 cm³/mol. The second-order valence-corrected chi connectivity index (χ2v) is 13.5. The Morgan fingerprint density at radius 3 is 3.06 bits per heavy atom. The molecule has 1 aromatic rings. The Kier molecular flexibility index (Phi) is 3.49. The summed E-state index contributed by atoms with van der Waals surface area (Å²) < 4.78 is 19.5. The van der Waals surface area contributed by atoms with Crippen molar-refractivity contribution >= 4 is 44.9 Å². The van der Waals surface area contributed by atoms with Gasteiger partial charge in [0.15, 0.2) is 0 Å². The summed E-state index contributed by atoms with van der Waals surface area (Å²) in [6, 6.07) is 4.55. The Morgan fingerprint density at radius 2 is 2.29 bits per heavy atom. The minimum absolute atomic E-state index is 0.0480. The molecule has 5 heteroatoms. The van der Waals surface area contributed by atoms with Gasteiger partial charge in [0.1, 0.15) is 11.4 Å². The van der Waals surface area contributed by atoms with E-state index in [0.717, 1.165) is 12.2 Å². The number of fused-ring (bicyclic) bond motifs is 2. The second-order valence-electron chi connectivity index (χ2n) is 4.79. The summed E-state index contributed by atoms with van der Waals surface area (Å²) in [4.78, 5) is 0. The fraction of sp³-hybridized carbons (Fsp3) is 0.417. The second kappa shape index (κ2) is 4.55. The maximum atomic E-state index is 6.10. The molecule has 95 valence electrons. The molecule has 2 heterocycles. The Morgan fingerprint density at radius 1 is 1.53 bits per heavy atom. The fourth-order valence-electron chi connectivity index (χ4n) is 2.08. The third-order valence-electron chi connectivity index (χ3n) is 2.86. The zero-order valence-corrected chi connectivity index (χ0v) is 16.1. The van der Waals surface area contributed by atoms with E-state index in [1.807, 2.05) is 0 Å². The largest absolute Gasteiger partial charge is 0.788 e. The molecule has 0 fully saturated rings. The average molecular weight is 570 g/mol. The van der Waals surface area contributed by atoms with Crippen LogP contribution in [0.3, 0.4) is 0 Å². The fourth-order valence-corrected chi connectivity index (χ4v) is 12.2. The standard InChI is InChI=1S/C12H13I3O2/c1-12(2)6-8(13)7-4-10-9(5-11(7)16-12)14-17-15(10)3/h4-5,8H,3,6H2,1-2H3/q-1/t8-/m0/s1. The minimum Gasteiger partial charge on any atom is -0.788 e. The Bertz CT molecular complexity index is 657. The van der Waals surface area contributed by atoms with Crippen LogP contribution < -0.4 is 27.3 Å². The Labute approximate surface area is 131 Å². The van der Waals surface area contributed by atoms with Crippen molar-refractivity contribution in [1.29, 1.82) is 0 Å². The van der Waals surface area contributed by atoms with Gasteiger partial charge in [-0.2, -0.15) is 0 Å². The molecule has 1 radical (unpaired) electrons. The van der Waals surface area contributed by atoms with Crippen LogP contribution in [0.15, 0.2) is 12.1 Å². The third kappa shape index (κ3) is 2.40. The van der Waals surface area contributed by atoms with E-state index in [4.69, 9.17) is 6.13 Å². The Hall–Kier alpha value is 1.04. The predicted octanol–water partition coefficient (Wildman–Crippen LogP) is 1.11. The van der Waals surface area contributed by atoms with Gasteiger partial charge in [-0.3, -0.25) is 1.40 Å². The molecule has 0 aliphatic carbocycles. The van der Waals surface area contributed by atoms with Crippen LogP contribution in [-0.2, 0) is 1.40 Å². The molecule has 0 unspecified atom stereocenters. The van der Waals surface area contributed by atoms with Crippen LogP contribution in [0.2, 0.25) is 0 Å². The minimum atomic E-state index is -1.49. The lowest BCUT2D eigenvalue weighted by Crippen LogP contribution is -3.35. The van der Waals surface area contributed by atoms with Crippen LogP contribution >= 0.6 is 40.4 Å². The molecular weight excluding hydrogens is 557 g/mol. The van der Waals surface area contributed by atoms with E-state index < -0.39 is 19.3 Å². The number of hydrogen-bond acceptors (Lipinski definition) is 2. The van der Waals surface area contributed by atoms with Crippen LogP contribution in [0.25, 0.3) is 0 Å². The summed E-state index contributed by atoms with van der Waals surface area (Å²) in [6.45, 7) is 4.33. The molecular formula is C12H13I3O2-. The number of hydrogen-bond donors (Lipinski definition) is 0. The van der Waals surface area contributed by atoms with E-state index in [1.165, 1.54) is 11.9 Å². The van der Waals surface area contributed by atoms with Gasteiger partial charge < -0.3 is 27.3 Å². The van der Waals surface area contributed by atoms with Crippen molar-refractivity contribution in [3.05, 3.63) is 24.0 Å². The molecule has 0 spiro atoms. The van der Waals surface area contributed by atoms with Crippen LogP contribution in [0, 0.1) is 6.31 Å². The molecule has 0 N–H and O–H groups in total. The molecule has 3 rings (SSSR count). The molecule has 2 aliphatic rings. The lowest BCUT2D eigenvalue weighted by Gasteiger charge is -2.41. The van der Waals surface area contributed by atoms with Crippen LogP contribution in [0.1, 0.15) is 29.8 Å².